The predicted octanol–water partition coefficient (Wildman–Crippen LogP) is 2.74. The van der Waals surface area contributed by atoms with Gasteiger partial charge in [-0.15, -0.1) is 0 Å². The fraction of sp³-hybridized carbons (Fsp3) is 0.292. The molecule has 0 unspecified atom stereocenters. The molecule has 1 saturated heterocycles. The van der Waals surface area contributed by atoms with Crippen molar-refractivity contribution in [1.82, 2.24) is 20.0 Å². The van der Waals surface area contributed by atoms with Crippen LogP contribution in [0.2, 0.25) is 0 Å². The molecule has 1 aliphatic heterocycles. The fourth-order valence-electron chi connectivity index (χ4n) is 3.84. The smallest absolute Gasteiger partial charge is 0.307 e. The number of para-hydroxylation sites is 1. The summed E-state index contributed by atoms with van der Waals surface area (Å²) in [6.45, 7) is 1.68. The average molecular weight is 434 g/mol. The van der Waals surface area contributed by atoms with Gasteiger partial charge in [-0.1, -0.05) is 18.2 Å². The minimum Gasteiger partial charge on any atom is -0.469 e. The number of rotatable bonds is 7. The van der Waals surface area contributed by atoms with Gasteiger partial charge in [0.2, 0.25) is 5.91 Å². The molecule has 32 heavy (non-hydrogen) atoms. The number of piperazine rings is 1. The number of benzene rings is 2. The number of carbonyl (C=O) groups excluding carboxylic acids is 2. The van der Waals surface area contributed by atoms with Gasteiger partial charge >= 0.3 is 5.97 Å². The normalized spacial score (nSPS) is 16.4. The van der Waals surface area contributed by atoms with Gasteiger partial charge in [-0.3, -0.25) is 19.2 Å². The zero-order valence-electron chi connectivity index (χ0n) is 18.2. The molecule has 2 aromatic carbocycles. The number of esters is 1. The number of carbonyl (C=O) groups is 2. The van der Waals surface area contributed by atoms with Crippen LogP contribution in [0, 0.1) is 0 Å². The van der Waals surface area contributed by atoms with Gasteiger partial charge in [0.05, 0.1) is 19.2 Å². The Morgan fingerprint density at radius 2 is 1.84 bits per heavy atom. The van der Waals surface area contributed by atoms with E-state index >= 15 is 0 Å². The molecule has 0 spiro atoms. The first kappa shape index (κ1) is 21.6. The van der Waals surface area contributed by atoms with E-state index in [1.807, 2.05) is 72.7 Å². The monoisotopic (exact) mass is 434 g/mol. The molecule has 0 aliphatic carbocycles. The second-order valence-electron chi connectivity index (χ2n) is 7.67. The van der Waals surface area contributed by atoms with Crippen LogP contribution >= 0.6 is 0 Å². The number of nitrogens with zero attached hydrogens (tertiary/aromatic N) is 3. The summed E-state index contributed by atoms with van der Waals surface area (Å²) >= 11 is 0. The fourth-order valence-corrected chi connectivity index (χ4v) is 3.84. The highest BCUT2D eigenvalue weighted by atomic mass is 16.5. The molecule has 3 aromatic rings. The number of nitrogens with one attached hydrogen (secondary N) is 1. The lowest BCUT2D eigenvalue weighted by molar-refractivity contribution is -0.146. The first-order chi connectivity index (χ1) is 15.5. The Bertz CT molecular complexity index is 1080. The Balaban J connectivity index is 1.53. The van der Waals surface area contributed by atoms with Crippen molar-refractivity contribution in [2.24, 2.45) is 7.05 Å². The number of amides is 1. The standard InChI is InChI=1S/C24H26N4O4/c1-27-15-18(16-28-13-12-25-24(30)21(28)14-22(29)31-2)23(26-27)17-8-10-20(11-9-17)32-19-6-4-3-5-7-19/h3-11,15,21H,12-14,16H2,1-2H3,(H,25,30)/t21-/m0/s1. The highest BCUT2D eigenvalue weighted by Crippen LogP contribution is 2.28. The minimum absolute atomic E-state index is 0.0173. The minimum atomic E-state index is -0.564. The summed E-state index contributed by atoms with van der Waals surface area (Å²) in [6, 6.07) is 16.8. The van der Waals surface area contributed by atoms with E-state index in [2.05, 4.69) is 10.4 Å². The van der Waals surface area contributed by atoms with Crippen molar-refractivity contribution in [1.29, 1.82) is 0 Å². The van der Waals surface area contributed by atoms with Crippen LogP contribution in [0.25, 0.3) is 11.3 Å². The van der Waals surface area contributed by atoms with Crippen LogP contribution in [0.5, 0.6) is 11.5 Å². The van der Waals surface area contributed by atoms with Crippen LogP contribution in [0.4, 0.5) is 0 Å². The van der Waals surface area contributed by atoms with Gasteiger partial charge in [0.25, 0.3) is 0 Å². The van der Waals surface area contributed by atoms with Crippen LogP contribution in [0.3, 0.4) is 0 Å². The van der Waals surface area contributed by atoms with Crippen molar-refractivity contribution in [3.63, 3.8) is 0 Å². The average Bonchev–Trinajstić information content (AvgIpc) is 3.17. The second kappa shape index (κ2) is 9.65. The third kappa shape index (κ3) is 4.97. The SMILES string of the molecule is COC(=O)C[C@H]1C(=O)NCCN1Cc1cn(C)nc1-c1ccc(Oc2ccccc2)cc1. The van der Waals surface area contributed by atoms with Crippen molar-refractivity contribution >= 4 is 11.9 Å². The van der Waals surface area contributed by atoms with Gasteiger partial charge in [-0.05, 0) is 36.4 Å². The van der Waals surface area contributed by atoms with Crippen molar-refractivity contribution in [3.05, 3.63) is 66.4 Å². The molecule has 1 aromatic heterocycles. The Morgan fingerprint density at radius 1 is 1.12 bits per heavy atom. The maximum absolute atomic E-state index is 12.4. The lowest BCUT2D eigenvalue weighted by atomic mass is 10.0. The lowest BCUT2D eigenvalue weighted by Crippen LogP contribution is -2.55. The molecule has 166 valence electrons. The maximum atomic E-state index is 12.4. The summed E-state index contributed by atoms with van der Waals surface area (Å²) in [5.41, 5.74) is 2.77. The highest BCUT2D eigenvalue weighted by Gasteiger charge is 2.32. The van der Waals surface area contributed by atoms with Crippen molar-refractivity contribution in [3.8, 4) is 22.8 Å². The molecular weight excluding hydrogens is 408 g/mol. The molecule has 2 heterocycles. The Hall–Kier alpha value is -3.65. The summed E-state index contributed by atoms with van der Waals surface area (Å²) < 4.78 is 12.4. The van der Waals surface area contributed by atoms with Crippen LogP contribution in [-0.4, -0.2) is 52.8 Å². The number of aromatic nitrogens is 2. The van der Waals surface area contributed by atoms with E-state index in [1.54, 1.807) is 4.68 Å². The molecule has 1 aliphatic rings. The predicted molar refractivity (Wildman–Crippen MR) is 119 cm³/mol. The molecule has 1 N–H and O–H groups in total. The van der Waals surface area contributed by atoms with Crippen molar-refractivity contribution < 1.29 is 19.1 Å². The zero-order chi connectivity index (χ0) is 22.5. The largest absolute Gasteiger partial charge is 0.469 e. The third-order valence-corrected chi connectivity index (χ3v) is 5.41. The molecule has 8 heteroatoms. The lowest BCUT2D eigenvalue weighted by Gasteiger charge is -2.34. The summed E-state index contributed by atoms with van der Waals surface area (Å²) in [7, 11) is 3.20. The number of methoxy groups -OCH3 is 1. The Labute approximate surface area is 186 Å². The summed E-state index contributed by atoms with van der Waals surface area (Å²) in [5.74, 6) is 0.953. The molecule has 4 rings (SSSR count). The van der Waals surface area contributed by atoms with Crippen LogP contribution in [0.1, 0.15) is 12.0 Å². The van der Waals surface area contributed by atoms with Crippen LogP contribution < -0.4 is 10.1 Å². The second-order valence-corrected chi connectivity index (χ2v) is 7.67. The Morgan fingerprint density at radius 3 is 2.56 bits per heavy atom. The van der Waals surface area contributed by atoms with Gasteiger partial charge < -0.3 is 14.8 Å². The zero-order valence-corrected chi connectivity index (χ0v) is 18.2. The third-order valence-electron chi connectivity index (χ3n) is 5.41. The van der Waals surface area contributed by atoms with E-state index in [0.29, 0.717) is 19.6 Å². The molecule has 0 saturated carbocycles. The topological polar surface area (TPSA) is 85.7 Å². The van der Waals surface area contributed by atoms with E-state index in [9.17, 15) is 9.59 Å². The highest BCUT2D eigenvalue weighted by molar-refractivity contribution is 5.87. The van der Waals surface area contributed by atoms with Crippen molar-refractivity contribution in [2.45, 2.75) is 19.0 Å². The van der Waals surface area contributed by atoms with E-state index in [1.165, 1.54) is 7.11 Å². The maximum Gasteiger partial charge on any atom is 0.307 e. The Kier molecular flexibility index (Phi) is 6.51. The van der Waals surface area contributed by atoms with Crippen LogP contribution in [0.15, 0.2) is 60.8 Å². The van der Waals surface area contributed by atoms with E-state index in [0.717, 1.165) is 28.3 Å². The summed E-state index contributed by atoms with van der Waals surface area (Å²) in [6.07, 6.45) is 1.97. The first-order valence-electron chi connectivity index (χ1n) is 10.5. The number of hydrogen-bond acceptors (Lipinski definition) is 6. The summed E-state index contributed by atoms with van der Waals surface area (Å²) in [5, 5.41) is 7.47. The molecule has 1 atom stereocenters. The van der Waals surface area contributed by atoms with E-state index in [4.69, 9.17) is 9.47 Å². The first-order valence-corrected chi connectivity index (χ1v) is 10.5. The van der Waals surface area contributed by atoms with Gasteiger partial charge in [0.1, 0.15) is 17.5 Å². The quantitative estimate of drug-likeness (QED) is 0.576. The number of ether oxygens (including phenoxy) is 2. The van der Waals surface area contributed by atoms with Gasteiger partial charge in [0.15, 0.2) is 0 Å². The van der Waals surface area contributed by atoms with Crippen molar-refractivity contribution in [2.75, 3.05) is 20.2 Å². The molecule has 1 fully saturated rings. The molecule has 8 nitrogen and oxygen atoms in total. The van der Waals surface area contributed by atoms with Crippen LogP contribution in [-0.2, 0) is 27.9 Å². The molecule has 0 radical (unpaired) electrons. The van der Waals surface area contributed by atoms with Gasteiger partial charge in [-0.25, -0.2) is 0 Å². The molecular formula is C24H26N4O4. The van der Waals surface area contributed by atoms with Gasteiger partial charge in [0, 0.05) is 44.0 Å². The number of hydrogen-bond donors (Lipinski definition) is 1. The molecule has 1 amide bonds. The summed E-state index contributed by atoms with van der Waals surface area (Å²) in [4.78, 5) is 26.2. The molecule has 0 bridgehead atoms. The van der Waals surface area contributed by atoms with E-state index < -0.39 is 12.0 Å². The van der Waals surface area contributed by atoms with E-state index in [-0.39, 0.29) is 12.3 Å². The number of aryl methyl sites for hydroxylation is 1. The van der Waals surface area contributed by atoms with Gasteiger partial charge in [-0.2, -0.15) is 5.10 Å².